The van der Waals surface area contributed by atoms with Crippen LogP contribution < -0.4 is 5.73 Å². The van der Waals surface area contributed by atoms with Crippen molar-refractivity contribution < 1.29 is 13.2 Å². The van der Waals surface area contributed by atoms with Gasteiger partial charge >= 0.3 is 6.18 Å². The quantitative estimate of drug-likeness (QED) is 0.711. The van der Waals surface area contributed by atoms with Gasteiger partial charge in [-0.1, -0.05) is 11.6 Å². The molecule has 0 radical (unpaired) electrons. The predicted molar refractivity (Wildman–Crippen MR) is 86.4 cm³/mol. The second-order valence-electron chi connectivity index (χ2n) is 5.08. The van der Waals surface area contributed by atoms with Crippen LogP contribution in [0.1, 0.15) is 11.1 Å². The van der Waals surface area contributed by atoms with Gasteiger partial charge in [-0.3, -0.25) is 0 Å². The summed E-state index contributed by atoms with van der Waals surface area (Å²) in [4.78, 5) is 10.7. The van der Waals surface area contributed by atoms with E-state index < -0.39 is 11.7 Å². The summed E-state index contributed by atoms with van der Waals surface area (Å²) < 4.78 is 38.9. The van der Waals surface area contributed by atoms with Gasteiger partial charge in [0.25, 0.3) is 0 Å². The Kier molecular flexibility index (Phi) is 4.10. The number of nitrogens with zero attached hydrogens (tertiary/aromatic N) is 3. The highest BCUT2D eigenvalue weighted by Gasteiger charge is 2.31. The summed E-state index contributed by atoms with van der Waals surface area (Å²) >= 11 is 6.05. The zero-order valence-corrected chi connectivity index (χ0v) is 13.2. The van der Waals surface area contributed by atoms with Crippen molar-refractivity contribution in [1.29, 1.82) is 5.26 Å². The van der Waals surface area contributed by atoms with Crippen molar-refractivity contribution in [3.63, 3.8) is 0 Å². The van der Waals surface area contributed by atoms with Crippen LogP contribution in [0.4, 0.5) is 19.1 Å². The first-order valence-electron chi connectivity index (χ1n) is 6.88. The number of anilines is 1. The Morgan fingerprint density at radius 1 is 1.20 bits per heavy atom. The van der Waals surface area contributed by atoms with E-state index in [0.717, 1.165) is 18.2 Å². The molecule has 5 nitrogen and oxygen atoms in total. The van der Waals surface area contributed by atoms with Gasteiger partial charge < -0.3 is 10.7 Å². The average Bonchev–Trinajstić information content (AvgIpc) is 2.98. The molecule has 3 rings (SSSR count). The summed E-state index contributed by atoms with van der Waals surface area (Å²) in [5, 5.41) is 9.41. The maximum atomic E-state index is 13.0. The van der Waals surface area contributed by atoms with Crippen molar-refractivity contribution in [1.82, 2.24) is 15.0 Å². The van der Waals surface area contributed by atoms with E-state index in [0.29, 0.717) is 11.4 Å². The molecule has 2 aromatic heterocycles. The third-order valence-corrected chi connectivity index (χ3v) is 3.78. The number of halogens is 4. The van der Waals surface area contributed by atoms with Crippen molar-refractivity contribution in [2.24, 2.45) is 0 Å². The number of hydrogen-bond acceptors (Lipinski definition) is 4. The minimum atomic E-state index is -4.53. The van der Waals surface area contributed by atoms with Gasteiger partial charge in [0.1, 0.15) is 6.07 Å². The van der Waals surface area contributed by atoms with E-state index in [2.05, 4.69) is 15.0 Å². The molecule has 0 saturated carbocycles. The third-order valence-electron chi connectivity index (χ3n) is 3.45. The van der Waals surface area contributed by atoms with Crippen LogP contribution in [0.5, 0.6) is 0 Å². The maximum Gasteiger partial charge on any atom is 0.416 e. The molecule has 0 atom stereocenters. The monoisotopic (exact) mass is 363 g/mol. The van der Waals surface area contributed by atoms with E-state index in [1.807, 2.05) is 6.07 Å². The van der Waals surface area contributed by atoms with Gasteiger partial charge in [-0.05, 0) is 30.3 Å². The summed E-state index contributed by atoms with van der Waals surface area (Å²) in [5.74, 6) is 0.0317. The Hall–Kier alpha value is -3.05. The zero-order valence-electron chi connectivity index (χ0n) is 12.4. The summed E-state index contributed by atoms with van der Waals surface area (Å²) in [6.07, 6.45) is -3.09. The predicted octanol–water partition coefficient (Wildman–Crippen LogP) is 4.26. The largest absolute Gasteiger partial charge is 0.416 e. The van der Waals surface area contributed by atoms with Gasteiger partial charge in [-0.15, -0.1) is 0 Å². The molecular formula is C16H9ClF3N5. The Balaban J connectivity index is 2.17. The molecule has 3 aromatic rings. The Morgan fingerprint density at radius 2 is 1.96 bits per heavy atom. The Morgan fingerprint density at radius 3 is 2.60 bits per heavy atom. The molecular weight excluding hydrogens is 355 g/mol. The topological polar surface area (TPSA) is 91.4 Å². The van der Waals surface area contributed by atoms with E-state index in [1.165, 1.54) is 12.3 Å². The third kappa shape index (κ3) is 3.27. The molecule has 126 valence electrons. The Bertz CT molecular complexity index is 988. The maximum absolute atomic E-state index is 13.0. The number of alkyl halides is 3. The van der Waals surface area contributed by atoms with Crippen LogP contribution in [-0.4, -0.2) is 15.0 Å². The lowest BCUT2D eigenvalue weighted by atomic mass is 10.1. The van der Waals surface area contributed by atoms with Gasteiger partial charge in [-0.25, -0.2) is 9.97 Å². The van der Waals surface area contributed by atoms with Crippen LogP contribution >= 0.6 is 11.6 Å². The van der Waals surface area contributed by atoms with Crippen LogP contribution in [0.25, 0.3) is 22.6 Å². The molecule has 0 unspecified atom stereocenters. The molecule has 0 bridgehead atoms. The van der Waals surface area contributed by atoms with E-state index in [-0.39, 0.29) is 27.8 Å². The number of nitrogen functional groups attached to an aromatic ring is 1. The van der Waals surface area contributed by atoms with Crippen LogP contribution in [0, 0.1) is 11.3 Å². The summed E-state index contributed by atoms with van der Waals surface area (Å²) in [5.41, 5.74) is 5.85. The number of hydrogen-bond donors (Lipinski definition) is 2. The second-order valence-corrected chi connectivity index (χ2v) is 5.48. The molecule has 3 N–H and O–H groups in total. The first kappa shape index (κ1) is 16.8. The first-order valence-corrected chi connectivity index (χ1v) is 7.26. The molecule has 0 aliphatic rings. The lowest BCUT2D eigenvalue weighted by Crippen LogP contribution is -2.05. The first-order chi connectivity index (χ1) is 11.8. The second kappa shape index (κ2) is 6.11. The lowest BCUT2D eigenvalue weighted by molar-refractivity contribution is -0.137. The molecule has 0 amide bonds. The highest BCUT2D eigenvalue weighted by Crippen LogP contribution is 2.37. The van der Waals surface area contributed by atoms with Crippen molar-refractivity contribution in [3.05, 3.63) is 52.7 Å². The fraction of sp³-hybridized carbons (Fsp3) is 0.0625. The van der Waals surface area contributed by atoms with E-state index in [9.17, 15) is 18.4 Å². The van der Waals surface area contributed by atoms with Crippen molar-refractivity contribution >= 4 is 17.5 Å². The molecule has 0 fully saturated rings. The molecule has 0 aliphatic carbocycles. The number of benzene rings is 1. The number of nitrogens with two attached hydrogens (primary N) is 1. The average molecular weight is 364 g/mol. The molecule has 9 heteroatoms. The minimum absolute atomic E-state index is 0.0317. The fourth-order valence-electron chi connectivity index (χ4n) is 2.31. The van der Waals surface area contributed by atoms with Crippen LogP contribution in [0.3, 0.4) is 0 Å². The van der Waals surface area contributed by atoms with Crippen molar-refractivity contribution in [2.75, 3.05) is 5.73 Å². The van der Waals surface area contributed by atoms with E-state index in [4.69, 9.17) is 17.3 Å². The minimum Gasteiger partial charge on any atom is -0.368 e. The number of aromatic nitrogens is 3. The van der Waals surface area contributed by atoms with Crippen LogP contribution in [-0.2, 0) is 6.18 Å². The normalized spacial score (nSPS) is 11.3. The van der Waals surface area contributed by atoms with E-state index in [1.54, 1.807) is 6.07 Å². The van der Waals surface area contributed by atoms with Crippen LogP contribution in [0.2, 0.25) is 5.02 Å². The molecule has 0 spiro atoms. The number of nitrogens with one attached hydrogen (secondary N) is 1. The van der Waals surface area contributed by atoms with Crippen LogP contribution in [0.15, 0.2) is 36.5 Å². The Labute approximate surface area is 144 Å². The molecule has 0 saturated heterocycles. The number of aromatic amines is 1. The SMILES string of the molecule is N#Cc1cc(-c2ccnc(N)n2)[nH]c1-c1cc(C(F)(F)F)ccc1Cl. The van der Waals surface area contributed by atoms with Gasteiger partial charge in [0.15, 0.2) is 0 Å². The highest BCUT2D eigenvalue weighted by atomic mass is 35.5. The standard InChI is InChI=1S/C16H9ClF3N5/c17-11-2-1-9(16(18,19)20)6-10(11)14-8(7-21)5-13(24-14)12-3-4-23-15(22)25-12/h1-6,24H,(H2,22,23,25). The van der Waals surface area contributed by atoms with E-state index >= 15 is 0 Å². The van der Waals surface area contributed by atoms with Gasteiger partial charge in [0.05, 0.1) is 28.2 Å². The molecule has 2 heterocycles. The highest BCUT2D eigenvalue weighted by molar-refractivity contribution is 6.33. The smallest absolute Gasteiger partial charge is 0.368 e. The molecule has 1 aromatic carbocycles. The molecule has 0 aliphatic heterocycles. The summed E-state index contributed by atoms with van der Waals surface area (Å²) in [7, 11) is 0. The number of nitriles is 1. The molecule has 25 heavy (non-hydrogen) atoms. The zero-order chi connectivity index (χ0) is 18.2. The summed E-state index contributed by atoms with van der Waals surface area (Å²) in [6, 6.07) is 7.88. The van der Waals surface area contributed by atoms with Gasteiger partial charge in [-0.2, -0.15) is 18.4 Å². The number of rotatable bonds is 2. The van der Waals surface area contributed by atoms with Crippen molar-refractivity contribution in [2.45, 2.75) is 6.18 Å². The summed E-state index contributed by atoms with van der Waals surface area (Å²) in [6.45, 7) is 0. The number of H-pyrrole nitrogens is 1. The van der Waals surface area contributed by atoms with Gasteiger partial charge in [0, 0.05) is 16.8 Å². The van der Waals surface area contributed by atoms with Gasteiger partial charge in [0.2, 0.25) is 5.95 Å². The van der Waals surface area contributed by atoms with Crippen molar-refractivity contribution in [3.8, 4) is 28.7 Å². The lowest BCUT2D eigenvalue weighted by Gasteiger charge is -2.10. The fourth-order valence-corrected chi connectivity index (χ4v) is 2.52.